The Morgan fingerprint density at radius 2 is 0.477 bits per heavy atom. The van der Waals surface area contributed by atoms with E-state index in [9.17, 15) is 0 Å². The van der Waals surface area contributed by atoms with E-state index in [1.807, 2.05) is 0 Å². The molecule has 4 aromatic heterocycles. The van der Waals surface area contributed by atoms with Crippen molar-refractivity contribution < 1.29 is 18.3 Å². The zero-order valence-electron chi connectivity index (χ0n) is 27.3. The Labute approximate surface area is 268 Å². The second-order valence-corrected chi connectivity index (χ2v) is 12.5. The van der Waals surface area contributed by atoms with Gasteiger partial charge in [0.1, 0.15) is 26.2 Å². The molecular formula is C40H58N4+4. The smallest absolute Gasteiger partial charge is 0.169 e. The standard InChI is InChI=1S/C40H58N4/c1(5-9-15-27-41-29-19-13-20-30-41)3-7-11-17-33-43-35-23-39(24-36-43)40-25-37-44(38-26-40)34-18-12-8-4-2-6-10-16-28-42-31-21-14-22-32-42/h13-14,19-26,29-32,35-38H,1-12,15-18,27-28,33-34H2/q+4. The van der Waals surface area contributed by atoms with E-state index in [-0.39, 0.29) is 0 Å². The van der Waals surface area contributed by atoms with Gasteiger partial charge in [0.15, 0.2) is 49.6 Å². The third-order valence-electron chi connectivity index (χ3n) is 8.84. The lowest BCUT2D eigenvalue weighted by atomic mass is 10.1. The highest BCUT2D eigenvalue weighted by molar-refractivity contribution is 5.60. The molecule has 0 spiro atoms. The van der Waals surface area contributed by atoms with Gasteiger partial charge in [-0.3, -0.25) is 0 Å². The van der Waals surface area contributed by atoms with Gasteiger partial charge in [-0.05, 0) is 36.8 Å². The number of aromatic nitrogens is 4. The number of rotatable bonds is 23. The molecule has 0 unspecified atom stereocenters. The van der Waals surface area contributed by atoms with Crippen LogP contribution in [0.15, 0.2) is 110 Å². The van der Waals surface area contributed by atoms with Gasteiger partial charge in [0.25, 0.3) is 0 Å². The summed E-state index contributed by atoms with van der Waals surface area (Å²) in [5, 5.41) is 0. The van der Waals surface area contributed by atoms with E-state index in [1.54, 1.807) is 0 Å². The van der Waals surface area contributed by atoms with Crippen molar-refractivity contribution in [2.24, 2.45) is 0 Å². The largest absolute Gasteiger partial charge is 0.205 e. The SMILES string of the molecule is c1cc[n+](CCCCCCCCCC[n+]2ccc(-c3cc[n+](CCCCCCCCCC[n+]4ccccc4)cc3)cc2)cc1. The molecule has 0 bridgehead atoms. The molecule has 4 nitrogen and oxygen atoms in total. The van der Waals surface area contributed by atoms with Crippen molar-refractivity contribution in [3.8, 4) is 11.1 Å². The maximum Gasteiger partial charge on any atom is 0.169 e. The minimum atomic E-state index is 1.12. The predicted octanol–water partition coefficient (Wildman–Crippen LogP) is 8.15. The summed E-state index contributed by atoms with van der Waals surface area (Å²) in [5.74, 6) is 0. The summed E-state index contributed by atoms with van der Waals surface area (Å²) in [7, 11) is 0. The zero-order valence-corrected chi connectivity index (χ0v) is 27.3. The van der Waals surface area contributed by atoms with Crippen LogP contribution in [0.4, 0.5) is 0 Å². The Bertz CT molecular complexity index is 1140. The molecule has 0 saturated carbocycles. The Kier molecular flexibility index (Phi) is 16.2. The van der Waals surface area contributed by atoms with E-state index in [1.165, 1.54) is 114 Å². The molecule has 0 fully saturated rings. The minimum absolute atomic E-state index is 1.12. The molecule has 0 aliphatic carbocycles. The van der Waals surface area contributed by atoms with Crippen molar-refractivity contribution in [2.75, 3.05) is 0 Å². The van der Waals surface area contributed by atoms with Crippen LogP contribution in [0.1, 0.15) is 103 Å². The van der Waals surface area contributed by atoms with Crippen molar-refractivity contribution >= 4 is 0 Å². The molecule has 0 atom stereocenters. The number of unbranched alkanes of at least 4 members (excludes halogenated alkanes) is 14. The fourth-order valence-electron chi connectivity index (χ4n) is 6.06. The first-order valence-electron chi connectivity index (χ1n) is 17.7. The maximum atomic E-state index is 2.34. The lowest BCUT2D eigenvalue weighted by molar-refractivity contribution is -0.697. The molecular weight excluding hydrogens is 536 g/mol. The van der Waals surface area contributed by atoms with Crippen LogP contribution in [-0.2, 0) is 26.2 Å². The molecule has 0 saturated heterocycles. The van der Waals surface area contributed by atoms with Crippen molar-refractivity contribution in [1.82, 2.24) is 0 Å². The summed E-state index contributed by atoms with van der Waals surface area (Å²) in [6.45, 7) is 4.54. The fraction of sp³-hybridized carbons (Fsp3) is 0.500. The molecule has 0 N–H and O–H groups in total. The van der Waals surface area contributed by atoms with E-state index in [2.05, 4.69) is 129 Å². The molecule has 44 heavy (non-hydrogen) atoms. The topological polar surface area (TPSA) is 15.5 Å². The molecule has 4 rings (SSSR count). The normalized spacial score (nSPS) is 11.2. The van der Waals surface area contributed by atoms with Crippen LogP contribution < -0.4 is 18.3 Å². The number of pyridine rings is 4. The van der Waals surface area contributed by atoms with Gasteiger partial charge in [0, 0.05) is 74.2 Å². The van der Waals surface area contributed by atoms with Gasteiger partial charge in [-0.15, -0.1) is 0 Å². The van der Waals surface area contributed by atoms with E-state index in [0.29, 0.717) is 0 Å². The number of nitrogens with zero attached hydrogens (tertiary/aromatic N) is 4. The number of hydrogen-bond acceptors (Lipinski definition) is 0. The van der Waals surface area contributed by atoms with Crippen molar-refractivity contribution in [3.05, 3.63) is 110 Å². The van der Waals surface area contributed by atoms with Crippen LogP contribution in [0.2, 0.25) is 0 Å². The van der Waals surface area contributed by atoms with Crippen LogP contribution >= 0.6 is 0 Å². The van der Waals surface area contributed by atoms with Crippen LogP contribution in [0, 0.1) is 0 Å². The molecule has 0 radical (unpaired) electrons. The molecule has 0 amide bonds. The summed E-state index contributed by atoms with van der Waals surface area (Å²) >= 11 is 0. The quantitative estimate of drug-likeness (QED) is 0.0609. The van der Waals surface area contributed by atoms with Crippen LogP contribution in [-0.4, -0.2) is 0 Å². The van der Waals surface area contributed by atoms with Gasteiger partial charge in [-0.25, -0.2) is 18.3 Å². The second kappa shape index (κ2) is 21.3. The minimum Gasteiger partial charge on any atom is -0.205 e. The summed E-state index contributed by atoms with van der Waals surface area (Å²) in [5.41, 5.74) is 2.61. The number of aryl methyl sites for hydroxylation is 4. The molecule has 4 aromatic rings. The third-order valence-corrected chi connectivity index (χ3v) is 8.84. The third kappa shape index (κ3) is 13.9. The van der Waals surface area contributed by atoms with Gasteiger partial charge in [0.2, 0.25) is 0 Å². The second-order valence-electron chi connectivity index (χ2n) is 12.5. The first-order valence-corrected chi connectivity index (χ1v) is 17.7. The first-order chi connectivity index (χ1) is 21.9. The average molecular weight is 595 g/mol. The Morgan fingerprint density at radius 3 is 0.750 bits per heavy atom. The fourth-order valence-corrected chi connectivity index (χ4v) is 6.06. The highest BCUT2D eigenvalue weighted by atomic mass is 14.9. The van der Waals surface area contributed by atoms with E-state index in [0.717, 1.165) is 26.2 Å². The zero-order chi connectivity index (χ0) is 30.3. The highest BCUT2D eigenvalue weighted by Gasteiger charge is 2.07. The Morgan fingerprint density at radius 1 is 0.250 bits per heavy atom. The molecule has 0 aromatic carbocycles. The molecule has 4 heteroatoms. The summed E-state index contributed by atoms with van der Waals surface area (Å²) in [6.07, 6.45) is 39.2. The predicted molar refractivity (Wildman–Crippen MR) is 179 cm³/mol. The van der Waals surface area contributed by atoms with Crippen LogP contribution in [0.3, 0.4) is 0 Å². The van der Waals surface area contributed by atoms with Gasteiger partial charge in [-0.2, -0.15) is 0 Å². The van der Waals surface area contributed by atoms with Crippen LogP contribution in [0.5, 0.6) is 0 Å². The maximum absolute atomic E-state index is 2.34. The van der Waals surface area contributed by atoms with Gasteiger partial charge >= 0.3 is 0 Å². The van der Waals surface area contributed by atoms with Crippen molar-refractivity contribution in [3.63, 3.8) is 0 Å². The van der Waals surface area contributed by atoms with Gasteiger partial charge in [-0.1, -0.05) is 63.5 Å². The van der Waals surface area contributed by atoms with E-state index < -0.39 is 0 Å². The van der Waals surface area contributed by atoms with Crippen LogP contribution in [0.25, 0.3) is 11.1 Å². The number of hydrogen-bond donors (Lipinski definition) is 0. The Hall–Kier alpha value is -3.40. The lowest BCUT2D eigenvalue weighted by Gasteiger charge is -2.03. The highest BCUT2D eigenvalue weighted by Crippen LogP contribution is 2.16. The molecule has 0 aliphatic rings. The Balaban J connectivity index is 0.972. The summed E-state index contributed by atoms with van der Waals surface area (Å²) in [4.78, 5) is 0. The monoisotopic (exact) mass is 594 g/mol. The molecule has 4 heterocycles. The lowest BCUT2D eigenvalue weighted by Crippen LogP contribution is -2.33. The van der Waals surface area contributed by atoms with E-state index in [4.69, 9.17) is 0 Å². The van der Waals surface area contributed by atoms with Gasteiger partial charge in [0.05, 0.1) is 0 Å². The van der Waals surface area contributed by atoms with Gasteiger partial charge < -0.3 is 0 Å². The average Bonchev–Trinajstić information content (AvgIpc) is 3.08. The first kappa shape index (κ1) is 33.5. The van der Waals surface area contributed by atoms with E-state index >= 15 is 0 Å². The summed E-state index contributed by atoms with van der Waals surface area (Å²) < 4.78 is 9.27. The van der Waals surface area contributed by atoms with Crippen molar-refractivity contribution in [2.45, 2.75) is 129 Å². The van der Waals surface area contributed by atoms with Crippen molar-refractivity contribution in [1.29, 1.82) is 0 Å². The summed E-state index contributed by atoms with van der Waals surface area (Å²) in [6, 6.07) is 21.7. The molecule has 0 aliphatic heterocycles. The molecule has 234 valence electrons.